The van der Waals surface area contributed by atoms with Crippen LogP contribution in [-0.2, 0) is 9.47 Å². The molecule has 46 heavy (non-hydrogen) atoms. The molecule has 0 aliphatic carbocycles. The van der Waals surface area contributed by atoms with E-state index in [4.69, 9.17) is 28.4 Å². The van der Waals surface area contributed by atoms with Crippen molar-refractivity contribution in [2.24, 2.45) is 0 Å². The molecule has 2 saturated heterocycles. The summed E-state index contributed by atoms with van der Waals surface area (Å²) in [4.78, 5) is 0. The maximum atomic E-state index is 6.33. The first-order valence-corrected chi connectivity index (χ1v) is 16.3. The summed E-state index contributed by atoms with van der Waals surface area (Å²) < 4.78 is 35.9. The quantitative estimate of drug-likeness (QED) is 0.187. The predicted octanol–water partition coefficient (Wildman–Crippen LogP) is 6.39. The Bertz CT molecular complexity index is 1300. The Morgan fingerprint density at radius 2 is 0.913 bits per heavy atom. The van der Waals surface area contributed by atoms with Crippen molar-refractivity contribution in [1.29, 1.82) is 0 Å². The largest absolute Gasteiger partial charge is 0.490 e. The van der Waals surface area contributed by atoms with E-state index in [1.165, 1.54) is 0 Å². The van der Waals surface area contributed by atoms with Crippen LogP contribution in [0.15, 0.2) is 109 Å². The standard InChI is InChI=1S/2C19H23NO3/c2*1-2-21-16-10-6-7-11-17(16)23-19(15-8-4-3-5-9-15)18-14-20-12-13-22-18/h2*3-11,18-20H,2,12-14H2,1H3/t18-,19-;/m1./s1. The average molecular weight is 627 g/mol. The van der Waals surface area contributed by atoms with Crippen LogP contribution < -0.4 is 29.6 Å². The molecule has 0 saturated carbocycles. The first kappa shape index (κ1) is 33.3. The van der Waals surface area contributed by atoms with E-state index in [0.29, 0.717) is 26.4 Å². The van der Waals surface area contributed by atoms with Crippen molar-refractivity contribution in [2.45, 2.75) is 38.3 Å². The van der Waals surface area contributed by atoms with Crippen molar-refractivity contribution < 1.29 is 28.4 Å². The second-order valence-corrected chi connectivity index (χ2v) is 10.9. The third-order valence-corrected chi connectivity index (χ3v) is 7.65. The summed E-state index contributed by atoms with van der Waals surface area (Å²) in [6.07, 6.45) is -0.405. The average Bonchev–Trinajstić information content (AvgIpc) is 3.13. The number of hydrogen-bond acceptors (Lipinski definition) is 8. The molecule has 4 aromatic rings. The number of hydrogen-bond donors (Lipinski definition) is 2. The first-order valence-electron chi connectivity index (χ1n) is 16.3. The molecule has 2 fully saturated rings. The smallest absolute Gasteiger partial charge is 0.162 e. The molecule has 0 bridgehead atoms. The Hall–Kier alpha value is -4.08. The van der Waals surface area contributed by atoms with Crippen molar-refractivity contribution >= 4 is 0 Å². The molecule has 2 aliphatic rings. The van der Waals surface area contributed by atoms with Crippen molar-refractivity contribution in [3.05, 3.63) is 120 Å². The molecule has 0 amide bonds. The molecule has 6 rings (SSSR count). The van der Waals surface area contributed by atoms with E-state index in [1.54, 1.807) is 0 Å². The molecule has 2 unspecified atom stereocenters. The van der Waals surface area contributed by atoms with E-state index in [-0.39, 0.29) is 24.4 Å². The minimum Gasteiger partial charge on any atom is -0.490 e. The van der Waals surface area contributed by atoms with Crippen LogP contribution in [0.5, 0.6) is 23.0 Å². The maximum Gasteiger partial charge on any atom is 0.162 e. The van der Waals surface area contributed by atoms with Crippen LogP contribution in [0.4, 0.5) is 0 Å². The van der Waals surface area contributed by atoms with Crippen molar-refractivity contribution in [1.82, 2.24) is 10.6 Å². The van der Waals surface area contributed by atoms with Crippen molar-refractivity contribution in [3.63, 3.8) is 0 Å². The molecule has 244 valence electrons. The van der Waals surface area contributed by atoms with Crippen LogP contribution in [0.1, 0.15) is 37.2 Å². The molecule has 8 nitrogen and oxygen atoms in total. The van der Waals surface area contributed by atoms with E-state index in [2.05, 4.69) is 34.9 Å². The molecule has 4 aromatic carbocycles. The highest BCUT2D eigenvalue weighted by atomic mass is 16.6. The number of nitrogens with one attached hydrogen (secondary N) is 2. The van der Waals surface area contributed by atoms with Gasteiger partial charge in [-0.25, -0.2) is 0 Å². The number of benzene rings is 4. The summed E-state index contributed by atoms with van der Waals surface area (Å²) in [5.74, 6) is 3.02. The second kappa shape index (κ2) is 18.2. The highest BCUT2D eigenvalue weighted by Crippen LogP contribution is 2.35. The van der Waals surface area contributed by atoms with Gasteiger partial charge in [-0.1, -0.05) is 84.9 Å². The summed E-state index contributed by atoms with van der Waals surface area (Å²) in [7, 11) is 0. The first-order chi connectivity index (χ1) is 22.8. The minimum absolute atomic E-state index is 0.0270. The number of para-hydroxylation sites is 4. The van der Waals surface area contributed by atoms with Gasteiger partial charge in [-0.15, -0.1) is 0 Å². The Morgan fingerprint density at radius 3 is 1.26 bits per heavy atom. The van der Waals surface area contributed by atoms with Gasteiger partial charge in [-0.3, -0.25) is 0 Å². The molecular formula is C38H46N2O6. The Kier molecular flexibility index (Phi) is 13.1. The number of ether oxygens (including phenoxy) is 6. The highest BCUT2D eigenvalue weighted by molar-refractivity contribution is 5.41. The fourth-order valence-corrected chi connectivity index (χ4v) is 5.48. The summed E-state index contributed by atoms with van der Waals surface area (Å²) in [6, 6.07) is 36.0. The second-order valence-electron chi connectivity index (χ2n) is 10.9. The molecular weight excluding hydrogens is 580 g/mol. The predicted molar refractivity (Wildman–Crippen MR) is 180 cm³/mol. The fraction of sp³-hybridized carbons (Fsp3) is 0.368. The highest BCUT2D eigenvalue weighted by Gasteiger charge is 2.30. The van der Waals surface area contributed by atoms with Gasteiger partial charge in [0, 0.05) is 26.2 Å². The normalized spacial score (nSPS) is 19.1. The van der Waals surface area contributed by atoms with E-state index in [0.717, 1.165) is 60.3 Å². The molecule has 2 heterocycles. The van der Waals surface area contributed by atoms with Crippen LogP contribution >= 0.6 is 0 Å². The van der Waals surface area contributed by atoms with Gasteiger partial charge in [0.2, 0.25) is 0 Å². The monoisotopic (exact) mass is 626 g/mol. The molecule has 0 spiro atoms. The lowest BCUT2D eigenvalue weighted by atomic mass is 10.0. The summed E-state index contributed by atoms with van der Waals surface area (Å²) >= 11 is 0. The number of rotatable bonds is 12. The van der Waals surface area contributed by atoms with Gasteiger partial charge in [0.1, 0.15) is 12.2 Å². The van der Waals surface area contributed by atoms with E-state index >= 15 is 0 Å². The topological polar surface area (TPSA) is 79.4 Å². The van der Waals surface area contributed by atoms with Gasteiger partial charge in [0.05, 0.1) is 26.4 Å². The van der Waals surface area contributed by atoms with Gasteiger partial charge >= 0.3 is 0 Å². The third kappa shape index (κ3) is 9.47. The van der Waals surface area contributed by atoms with Gasteiger partial charge < -0.3 is 39.1 Å². The summed E-state index contributed by atoms with van der Waals surface area (Å²) in [5, 5.41) is 6.75. The van der Waals surface area contributed by atoms with Crippen LogP contribution in [0.3, 0.4) is 0 Å². The Balaban J connectivity index is 0.000000181. The SMILES string of the molecule is CCOc1ccccc1OC(c1ccccc1)C1CNCCO1.CCOc1ccccc1O[C@H](c1ccccc1)[C@H]1CNCCO1. The van der Waals surface area contributed by atoms with Gasteiger partial charge in [0.25, 0.3) is 0 Å². The molecule has 2 aliphatic heterocycles. The van der Waals surface area contributed by atoms with Crippen LogP contribution in [0.25, 0.3) is 0 Å². The van der Waals surface area contributed by atoms with Gasteiger partial charge in [0.15, 0.2) is 35.2 Å². The van der Waals surface area contributed by atoms with E-state index in [9.17, 15) is 0 Å². The van der Waals surface area contributed by atoms with Crippen molar-refractivity contribution in [2.75, 3.05) is 52.6 Å². The van der Waals surface area contributed by atoms with Crippen LogP contribution in [0.2, 0.25) is 0 Å². The maximum absolute atomic E-state index is 6.33. The summed E-state index contributed by atoms with van der Waals surface area (Å²) in [5.41, 5.74) is 2.21. The fourth-order valence-electron chi connectivity index (χ4n) is 5.48. The molecule has 2 N–H and O–H groups in total. The Morgan fingerprint density at radius 1 is 0.543 bits per heavy atom. The lowest BCUT2D eigenvalue weighted by Crippen LogP contribution is -2.43. The molecule has 0 aromatic heterocycles. The molecule has 0 radical (unpaired) electrons. The van der Waals surface area contributed by atoms with Crippen LogP contribution in [-0.4, -0.2) is 64.8 Å². The van der Waals surface area contributed by atoms with Crippen LogP contribution in [0, 0.1) is 0 Å². The lowest BCUT2D eigenvalue weighted by molar-refractivity contribution is -0.0439. The van der Waals surface area contributed by atoms with Crippen molar-refractivity contribution in [3.8, 4) is 23.0 Å². The lowest BCUT2D eigenvalue weighted by Gasteiger charge is -2.32. The molecule has 4 atom stereocenters. The zero-order valence-corrected chi connectivity index (χ0v) is 26.8. The number of morpholine rings is 2. The van der Waals surface area contributed by atoms with E-state index < -0.39 is 0 Å². The zero-order chi connectivity index (χ0) is 31.8. The summed E-state index contributed by atoms with van der Waals surface area (Å²) in [6.45, 7) is 9.87. The Labute approximate surface area is 272 Å². The third-order valence-electron chi connectivity index (χ3n) is 7.65. The zero-order valence-electron chi connectivity index (χ0n) is 26.8. The van der Waals surface area contributed by atoms with Gasteiger partial charge in [-0.05, 0) is 49.2 Å². The van der Waals surface area contributed by atoms with Gasteiger partial charge in [-0.2, -0.15) is 0 Å². The minimum atomic E-state index is -0.175. The van der Waals surface area contributed by atoms with E-state index in [1.807, 2.05) is 98.8 Å². The molecule has 8 heteroatoms.